The third-order valence-corrected chi connectivity index (χ3v) is 3.17. The second-order valence-electron chi connectivity index (χ2n) is 4.73. The molecule has 0 aliphatic carbocycles. The highest BCUT2D eigenvalue weighted by Crippen LogP contribution is 2.29. The van der Waals surface area contributed by atoms with E-state index in [1.807, 2.05) is 6.07 Å². The Bertz CT molecular complexity index is 784. The summed E-state index contributed by atoms with van der Waals surface area (Å²) >= 11 is 0. The fraction of sp³-hybridized carbons (Fsp3) is 0.176. The van der Waals surface area contributed by atoms with Gasteiger partial charge in [-0.15, -0.1) is 0 Å². The Morgan fingerprint density at radius 3 is 2.48 bits per heavy atom. The number of nitrogens with zero attached hydrogens (tertiary/aromatic N) is 1. The van der Waals surface area contributed by atoms with Crippen LogP contribution in [-0.4, -0.2) is 19.0 Å². The van der Waals surface area contributed by atoms with Gasteiger partial charge in [0, 0.05) is 11.6 Å². The maximum Gasteiger partial charge on any atom is 0.203 e. The summed E-state index contributed by atoms with van der Waals surface area (Å²) in [6.45, 7) is 1.49. The third-order valence-electron chi connectivity index (χ3n) is 3.17. The molecule has 2 aromatic rings. The number of nitriles is 1. The molecule has 23 heavy (non-hydrogen) atoms. The average Bonchev–Trinajstić information content (AvgIpc) is 2.56. The average molecular weight is 317 g/mol. The number of hydrogen-bond acceptors (Lipinski definition) is 4. The van der Waals surface area contributed by atoms with Crippen molar-refractivity contribution in [2.75, 3.05) is 7.11 Å². The Labute approximate surface area is 131 Å². The van der Waals surface area contributed by atoms with Crippen LogP contribution in [0.3, 0.4) is 0 Å². The number of hydrogen-bond donors (Lipinski definition) is 0. The fourth-order valence-corrected chi connectivity index (χ4v) is 1.96. The molecule has 0 aliphatic rings. The number of carbonyl (C=O) groups is 1. The minimum Gasteiger partial charge on any atom is -0.493 e. The molecule has 1 atom stereocenters. The standard InChI is InChI=1S/C17H13F2NO3/c1-10(17(21)12-4-5-13(18)14(19)8-12)23-15-6-3-11(9-20)7-16(15)22-2/h3-8,10H,1-2H3/t10-/m0/s1. The summed E-state index contributed by atoms with van der Waals surface area (Å²) in [5.74, 6) is -2.05. The Morgan fingerprint density at radius 1 is 1.13 bits per heavy atom. The topological polar surface area (TPSA) is 59.3 Å². The van der Waals surface area contributed by atoms with E-state index < -0.39 is 23.5 Å². The van der Waals surface area contributed by atoms with Crippen molar-refractivity contribution in [1.29, 1.82) is 5.26 Å². The highest BCUT2D eigenvalue weighted by Gasteiger charge is 2.20. The Balaban J connectivity index is 2.21. The van der Waals surface area contributed by atoms with Crippen LogP contribution in [0.25, 0.3) is 0 Å². The van der Waals surface area contributed by atoms with Crippen LogP contribution in [0.2, 0.25) is 0 Å². The summed E-state index contributed by atoms with van der Waals surface area (Å²) in [6, 6.07) is 9.37. The van der Waals surface area contributed by atoms with Crippen molar-refractivity contribution in [2.24, 2.45) is 0 Å². The maximum atomic E-state index is 13.2. The lowest BCUT2D eigenvalue weighted by Gasteiger charge is -2.16. The van der Waals surface area contributed by atoms with E-state index in [4.69, 9.17) is 14.7 Å². The van der Waals surface area contributed by atoms with Gasteiger partial charge in [-0.05, 0) is 37.3 Å². The number of ether oxygens (including phenoxy) is 2. The zero-order valence-electron chi connectivity index (χ0n) is 12.5. The van der Waals surface area contributed by atoms with E-state index in [1.54, 1.807) is 0 Å². The first-order valence-electron chi connectivity index (χ1n) is 6.70. The van der Waals surface area contributed by atoms with Gasteiger partial charge in [0.05, 0.1) is 18.7 Å². The van der Waals surface area contributed by atoms with E-state index in [2.05, 4.69) is 0 Å². The lowest BCUT2D eigenvalue weighted by atomic mass is 10.1. The number of benzene rings is 2. The van der Waals surface area contributed by atoms with Crippen molar-refractivity contribution in [1.82, 2.24) is 0 Å². The summed E-state index contributed by atoms with van der Waals surface area (Å²) < 4.78 is 36.8. The van der Waals surface area contributed by atoms with Gasteiger partial charge in [-0.1, -0.05) is 0 Å². The molecule has 0 fully saturated rings. The SMILES string of the molecule is COc1cc(C#N)ccc1O[C@@H](C)C(=O)c1ccc(F)c(F)c1. The molecule has 6 heteroatoms. The van der Waals surface area contributed by atoms with Gasteiger partial charge >= 0.3 is 0 Å². The van der Waals surface area contributed by atoms with Gasteiger partial charge in [-0.3, -0.25) is 4.79 Å². The van der Waals surface area contributed by atoms with Gasteiger partial charge in [-0.2, -0.15) is 5.26 Å². The number of halogens is 2. The van der Waals surface area contributed by atoms with Crippen LogP contribution in [0.4, 0.5) is 8.78 Å². The summed E-state index contributed by atoms with van der Waals surface area (Å²) in [5.41, 5.74) is 0.387. The first-order chi connectivity index (χ1) is 11.0. The zero-order valence-corrected chi connectivity index (χ0v) is 12.5. The van der Waals surface area contributed by atoms with E-state index in [0.29, 0.717) is 11.3 Å². The molecule has 0 spiro atoms. The minimum atomic E-state index is -1.10. The zero-order chi connectivity index (χ0) is 17.0. The van der Waals surface area contributed by atoms with Crippen LogP contribution in [0.15, 0.2) is 36.4 Å². The van der Waals surface area contributed by atoms with Crippen molar-refractivity contribution in [3.63, 3.8) is 0 Å². The highest BCUT2D eigenvalue weighted by molar-refractivity contribution is 5.99. The van der Waals surface area contributed by atoms with E-state index in [0.717, 1.165) is 12.1 Å². The van der Waals surface area contributed by atoms with Crippen LogP contribution in [-0.2, 0) is 0 Å². The molecule has 0 radical (unpaired) electrons. The maximum absolute atomic E-state index is 13.2. The summed E-state index contributed by atoms with van der Waals surface area (Å²) in [6.07, 6.45) is -0.943. The van der Waals surface area contributed by atoms with E-state index >= 15 is 0 Å². The smallest absolute Gasteiger partial charge is 0.203 e. The van der Waals surface area contributed by atoms with Crippen molar-refractivity contribution in [2.45, 2.75) is 13.0 Å². The minimum absolute atomic E-state index is 0.00371. The van der Waals surface area contributed by atoms with Crippen LogP contribution in [0, 0.1) is 23.0 Å². The molecule has 0 amide bonds. The van der Waals surface area contributed by atoms with Crippen molar-refractivity contribution in [3.05, 3.63) is 59.2 Å². The molecule has 0 heterocycles. The second kappa shape index (κ2) is 6.88. The predicted molar refractivity (Wildman–Crippen MR) is 78.5 cm³/mol. The van der Waals surface area contributed by atoms with Crippen molar-refractivity contribution >= 4 is 5.78 Å². The monoisotopic (exact) mass is 317 g/mol. The molecule has 4 nitrogen and oxygen atoms in total. The van der Waals surface area contributed by atoms with Crippen LogP contribution in [0.5, 0.6) is 11.5 Å². The number of Topliss-reactive ketones (excluding diaryl/α,β-unsaturated/α-hetero) is 1. The largest absolute Gasteiger partial charge is 0.493 e. The van der Waals surface area contributed by atoms with Gasteiger partial charge in [0.1, 0.15) is 0 Å². The molecule has 118 valence electrons. The first-order valence-corrected chi connectivity index (χ1v) is 6.70. The molecule has 0 aliphatic heterocycles. The quantitative estimate of drug-likeness (QED) is 0.792. The van der Waals surface area contributed by atoms with Crippen LogP contribution >= 0.6 is 0 Å². The van der Waals surface area contributed by atoms with E-state index in [1.165, 1.54) is 38.3 Å². The van der Waals surface area contributed by atoms with Gasteiger partial charge in [-0.25, -0.2) is 8.78 Å². The molecule has 0 N–H and O–H groups in total. The lowest BCUT2D eigenvalue weighted by molar-refractivity contribution is 0.0813. The molecule has 0 bridgehead atoms. The molecule has 0 unspecified atom stereocenters. The van der Waals surface area contributed by atoms with Gasteiger partial charge < -0.3 is 9.47 Å². The molecular formula is C17H13F2NO3. The Hall–Kier alpha value is -2.94. The Kier molecular flexibility index (Phi) is 4.91. The second-order valence-corrected chi connectivity index (χ2v) is 4.73. The van der Waals surface area contributed by atoms with Crippen LogP contribution < -0.4 is 9.47 Å². The molecule has 2 aromatic carbocycles. The summed E-state index contributed by atoms with van der Waals surface area (Å²) in [4.78, 5) is 12.2. The van der Waals surface area contributed by atoms with Crippen molar-refractivity contribution in [3.8, 4) is 17.6 Å². The van der Waals surface area contributed by atoms with Gasteiger partial charge in [0.2, 0.25) is 5.78 Å². The molecule has 0 saturated heterocycles. The first kappa shape index (κ1) is 16.4. The van der Waals surface area contributed by atoms with E-state index in [9.17, 15) is 13.6 Å². The molecule has 0 saturated carbocycles. The van der Waals surface area contributed by atoms with E-state index in [-0.39, 0.29) is 11.3 Å². The van der Waals surface area contributed by atoms with Gasteiger partial charge in [0.25, 0.3) is 0 Å². The van der Waals surface area contributed by atoms with Crippen LogP contribution in [0.1, 0.15) is 22.8 Å². The number of methoxy groups -OCH3 is 1. The Morgan fingerprint density at radius 2 is 1.87 bits per heavy atom. The number of rotatable bonds is 5. The number of carbonyl (C=O) groups excluding carboxylic acids is 1. The fourth-order valence-electron chi connectivity index (χ4n) is 1.96. The summed E-state index contributed by atoms with van der Waals surface area (Å²) in [7, 11) is 1.41. The summed E-state index contributed by atoms with van der Waals surface area (Å²) in [5, 5.41) is 8.85. The third kappa shape index (κ3) is 3.64. The van der Waals surface area contributed by atoms with Gasteiger partial charge in [0.15, 0.2) is 29.2 Å². The lowest BCUT2D eigenvalue weighted by Crippen LogP contribution is -2.24. The molecule has 2 rings (SSSR count). The number of ketones is 1. The molecular weight excluding hydrogens is 304 g/mol. The van der Waals surface area contributed by atoms with Crippen molar-refractivity contribution < 1.29 is 23.0 Å². The normalized spacial score (nSPS) is 11.4. The predicted octanol–water partition coefficient (Wildman–Crippen LogP) is 3.50. The highest BCUT2D eigenvalue weighted by atomic mass is 19.2. The molecule has 0 aromatic heterocycles.